The highest BCUT2D eigenvalue weighted by molar-refractivity contribution is 5.91. The van der Waals surface area contributed by atoms with E-state index in [1.165, 1.54) is 12.1 Å². The molecule has 0 bridgehead atoms. The number of benzene rings is 2. The normalized spacial score (nSPS) is 11.7. The number of aromatic carboxylic acids is 1. The molecule has 0 saturated carbocycles. The summed E-state index contributed by atoms with van der Waals surface area (Å²) in [5, 5.41) is 12.5. The number of hydrogen-bond acceptors (Lipinski definition) is 3. The van der Waals surface area contributed by atoms with Crippen LogP contribution in [0.15, 0.2) is 47.3 Å². The second-order valence-electron chi connectivity index (χ2n) is 5.08. The first-order valence-electron chi connectivity index (χ1n) is 6.82. The summed E-state index contributed by atoms with van der Waals surface area (Å²) in [7, 11) is 0. The molecule has 0 radical (unpaired) electrons. The summed E-state index contributed by atoms with van der Waals surface area (Å²) < 4.78 is 53.0. The minimum atomic E-state index is -4.56. The van der Waals surface area contributed by atoms with E-state index in [1.54, 1.807) is 0 Å². The molecule has 0 aliphatic rings. The quantitative estimate of drug-likeness (QED) is 0.719. The first-order chi connectivity index (χ1) is 11.7. The lowest BCUT2D eigenvalue weighted by Gasteiger charge is -2.13. The van der Waals surface area contributed by atoms with Crippen LogP contribution < -0.4 is 5.43 Å². The summed E-state index contributed by atoms with van der Waals surface area (Å²) in [4.78, 5) is 23.3. The van der Waals surface area contributed by atoms with Gasteiger partial charge in [0, 0.05) is 0 Å². The second kappa shape index (κ2) is 5.69. The Labute approximate surface area is 136 Å². The summed E-state index contributed by atoms with van der Waals surface area (Å²) in [5.74, 6) is -2.49. The number of para-hydroxylation sites is 1. The smallest absolute Gasteiger partial charge is 0.416 e. The predicted octanol–water partition coefficient (Wildman–Crippen LogP) is 3.24. The van der Waals surface area contributed by atoms with Crippen molar-refractivity contribution in [1.29, 1.82) is 0 Å². The van der Waals surface area contributed by atoms with E-state index >= 15 is 0 Å². The van der Waals surface area contributed by atoms with Gasteiger partial charge in [-0.05, 0) is 36.4 Å². The number of hydrogen-bond donors (Lipinski definition) is 1. The van der Waals surface area contributed by atoms with E-state index in [4.69, 9.17) is 5.11 Å². The van der Waals surface area contributed by atoms with Crippen molar-refractivity contribution in [1.82, 2.24) is 9.78 Å². The van der Waals surface area contributed by atoms with Gasteiger partial charge < -0.3 is 5.11 Å². The lowest BCUT2D eigenvalue weighted by Crippen LogP contribution is -2.23. The maximum absolute atomic E-state index is 14.2. The monoisotopic (exact) mass is 352 g/mol. The highest BCUT2D eigenvalue weighted by Crippen LogP contribution is 2.30. The van der Waals surface area contributed by atoms with Crippen LogP contribution >= 0.6 is 0 Å². The van der Waals surface area contributed by atoms with E-state index in [2.05, 4.69) is 5.10 Å². The molecule has 0 saturated heterocycles. The van der Waals surface area contributed by atoms with Gasteiger partial charge in [0.15, 0.2) is 0 Å². The molecule has 0 amide bonds. The summed E-state index contributed by atoms with van der Waals surface area (Å²) in [6.45, 7) is 0. The summed E-state index contributed by atoms with van der Waals surface area (Å²) in [6, 6.07) is 7.00. The molecule has 9 heteroatoms. The van der Waals surface area contributed by atoms with Gasteiger partial charge in [0.1, 0.15) is 11.3 Å². The number of nitrogens with zero attached hydrogens (tertiary/aromatic N) is 2. The Morgan fingerprint density at radius 3 is 2.28 bits per heavy atom. The van der Waals surface area contributed by atoms with E-state index in [0.717, 1.165) is 35.0 Å². The molecule has 1 N–H and O–H groups in total. The third kappa shape index (κ3) is 2.84. The first kappa shape index (κ1) is 16.6. The third-order valence-electron chi connectivity index (χ3n) is 3.50. The number of carbonyl (C=O) groups is 1. The first-order valence-corrected chi connectivity index (χ1v) is 6.82. The number of alkyl halides is 3. The van der Waals surface area contributed by atoms with Gasteiger partial charge in [-0.1, -0.05) is 6.07 Å². The topological polar surface area (TPSA) is 72.2 Å². The highest BCUT2D eigenvalue weighted by Gasteiger charge is 2.30. The standard InChI is InChI=1S/C16H8F4N2O3/c17-11-3-1-2-10-13(11)22(21-12(14(10)23)15(24)25)9-6-4-8(5-7-9)16(18,19)20/h1-7H,(H,24,25). The Kier molecular flexibility index (Phi) is 3.78. The average molecular weight is 352 g/mol. The zero-order chi connectivity index (χ0) is 18.4. The van der Waals surface area contributed by atoms with Gasteiger partial charge in [-0.15, -0.1) is 0 Å². The molecule has 0 spiro atoms. The number of carboxylic acid groups (broad SMARTS) is 1. The Hall–Kier alpha value is -3.23. The summed E-state index contributed by atoms with van der Waals surface area (Å²) >= 11 is 0. The SMILES string of the molecule is O=C(O)c1nn(-c2ccc(C(F)(F)F)cc2)c2c(F)cccc2c1=O. The summed E-state index contributed by atoms with van der Waals surface area (Å²) in [5.41, 5.74) is -3.12. The van der Waals surface area contributed by atoms with E-state index in [9.17, 15) is 27.2 Å². The van der Waals surface area contributed by atoms with Gasteiger partial charge in [-0.2, -0.15) is 18.3 Å². The molecule has 0 aliphatic carbocycles. The summed E-state index contributed by atoms with van der Waals surface area (Å²) in [6.07, 6.45) is -4.56. The number of fused-ring (bicyclic) bond motifs is 1. The molecule has 3 rings (SSSR count). The number of aromatic nitrogens is 2. The maximum Gasteiger partial charge on any atom is 0.416 e. The van der Waals surface area contributed by atoms with Crippen LogP contribution in [0.1, 0.15) is 16.1 Å². The number of halogens is 4. The molecule has 0 aliphatic heterocycles. The molecule has 128 valence electrons. The minimum absolute atomic E-state index is 0.0226. The largest absolute Gasteiger partial charge is 0.476 e. The van der Waals surface area contributed by atoms with Gasteiger partial charge in [0.05, 0.1) is 16.6 Å². The molecular formula is C16H8F4N2O3. The molecule has 25 heavy (non-hydrogen) atoms. The molecular weight excluding hydrogens is 344 g/mol. The zero-order valence-electron chi connectivity index (χ0n) is 12.2. The van der Waals surface area contributed by atoms with E-state index in [0.29, 0.717) is 0 Å². The van der Waals surface area contributed by atoms with Crippen molar-refractivity contribution >= 4 is 16.9 Å². The molecule has 0 fully saturated rings. The lowest BCUT2D eigenvalue weighted by atomic mass is 10.1. The van der Waals surface area contributed by atoms with Gasteiger partial charge in [0.25, 0.3) is 0 Å². The van der Waals surface area contributed by atoms with Crippen LogP contribution in [0.5, 0.6) is 0 Å². The van der Waals surface area contributed by atoms with E-state index in [1.807, 2.05) is 0 Å². The number of carboxylic acids is 1. The molecule has 3 aromatic rings. The molecule has 1 aromatic heterocycles. The van der Waals surface area contributed by atoms with E-state index < -0.39 is 34.6 Å². The van der Waals surface area contributed by atoms with Crippen LogP contribution in [0.25, 0.3) is 16.6 Å². The fourth-order valence-corrected chi connectivity index (χ4v) is 2.36. The van der Waals surface area contributed by atoms with Gasteiger partial charge in [0.2, 0.25) is 11.1 Å². The van der Waals surface area contributed by atoms with Crippen molar-refractivity contribution in [3.63, 3.8) is 0 Å². The van der Waals surface area contributed by atoms with Gasteiger partial charge in [-0.3, -0.25) is 4.79 Å². The number of rotatable bonds is 2. The van der Waals surface area contributed by atoms with Crippen LogP contribution in [-0.4, -0.2) is 20.9 Å². The molecule has 2 aromatic carbocycles. The molecule has 0 atom stereocenters. The van der Waals surface area contributed by atoms with Crippen LogP contribution in [0, 0.1) is 5.82 Å². The van der Waals surface area contributed by atoms with Crippen molar-refractivity contribution in [2.24, 2.45) is 0 Å². The van der Waals surface area contributed by atoms with Crippen LogP contribution in [-0.2, 0) is 6.18 Å². The predicted molar refractivity (Wildman–Crippen MR) is 79.3 cm³/mol. The molecule has 1 heterocycles. The average Bonchev–Trinajstić information content (AvgIpc) is 2.55. The Balaban J connectivity index is 2.34. The van der Waals surface area contributed by atoms with Crippen molar-refractivity contribution in [3.8, 4) is 5.69 Å². The zero-order valence-corrected chi connectivity index (χ0v) is 12.2. The van der Waals surface area contributed by atoms with Gasteiger partial charge >= 0.3 is 12.1 Å². The lowest BCUT2D eigenvalue weighted by molar-refractivity contribution is -0.137. The third-order valence-corrected chi connectivity index (χ3v) is 3.50. The van der Waals surface area contributed by atoms with E-state index in [-0.39, 0.29) is 16.6 Å². The minimum Gasteiger partial charge on any atom is -0.476 e. The fourth-order valence-electron chi connectivity index (χ4n) is 2.36. The van der Waals surface area contributed by atoms with Crippen molar-refractivity contribution in [3.05, 3.63) is 69.8 Å². The van der Waals surface area contributed by atoms with Crippen LogP contribution in [0.4, 0.5) is 17.6 Å². The Morgan fingerprint density at radius 2 is 1.72 bits per heavy atom. The molecule has 0 unspecified atom stereocenters. The van der Waals surface area contributed by atoms with Crippen LogP contribution in [0.2, 0.25) is 0 Å². The van der Waals surface area contributed by atoms with Crippen molar-refractivity contribution in [2.45, 2.75) is 6.18 Å². The molecule has 5 nitrogen and oxygen atoms in total. The Bertz CT molecular complexity index is 1040. The Morgan fingerprint density at radius 1 is 1.08 bits per heavy atom. The van der Waals surface area contributed by atoms with Gasteiger partial charge in [-0.25, -0.2) is 13.9 Å². The van der Waals surface area contributed by atoms with Crippen molar-refractivity contribution in [2.75, 3.05) is 0 Å². The van der Waals surface area contributed by atoms with Crippen LogP contribution in [0.3, 0.4) is 0 Å². The van der Waals surface area contributed by atoms with Crippen molar-refractivity contribution < 1.29 is 27.5 Å². The second-order valence-corrected chi connectivity index (χ2v) is 5.08. The maximum atomic E-state index is 14.2. The highest BCUT2D eigenvalue weighted by atomic mass is 19.4. The fraction of sp³-hybridized carbons (Fsp3) is 0.0625.